The Bertz CT molecular complexity index is 400. The molecule has 0 bridgehead atoms. The molecule has 0 radical (unpaired) electrons. The number of fused-ring (bicyclic) bond motifs is 1. The van der Waals surface area contributed by atoms with Crippen LogP contribution in [0.25, 0.3) is 0 Å². The lowest BCUT2D eigenvalue weighted by atomic mass is 9.76. The van der Waals surface area contributed by atoms with Crippen LogP contribution in [0.2, 0.25) is 0 Å². The molecule has 0 spiro atoms. The van der Waals surface area contributed by atoms with E-state index in [9.17, 15) is 0 Å². The van der Waals surface area contributed by atoms with E-state index in [1.165, 1.54) is 16.7 Å². The predicted octanol–water partition coefficient (Wildman–Crippen LogP) is 2.69. The third kappa shape index (κ3) is 1.82. The van der Waals surface area contributed by atoms with Crippen LogP contribution in [0.1, 0.15) is 36.5 Å². The van der Waals surface area contributed by atoms with Gasteiger partial charge < -0.3 is 10.5 Å². The van der Waals surface area contributed by atoms with Crippen LogP contribution in [0.15, 0.2) is 12.1 Å². The van der Waals surface area contributed by atoms with Gasteiger partial charge in [0.2, 0.25) is 0 Å². The highest BCUT2D eigenvalue weighted by Crippen LogP contribution is 2.40. The fourth-order valence-electron chi connectivity index (χ4n) is 2.79. The van der Waals surface area contributed by atoms with Crippen molar-refractivity contribution in [2.75, 3.05) is 13.2 Å². The molecule has 0 amide bonds. The average molecular weight is 219 g/mol. The molecule has 1 heterocycles. The van der Waals surface area contributed by atoms with E-state index < -0.39 is 0 Å². The van der Waals surface area contributed by atoms with Crippen LogP contribution >= 0.6 is 0 Å². The molecule has 1 aromatic carbocycles. The Hall–Kier alpha value is -1.02. The van der Waals surface area contributed by atoms with Crippen molar-refractivity contribution in [1.82, 2.24) is 0 Å². The van der Waals surface area contributed by atoms with Gasteiger partial charge in [-0.2, -0.15) is 0 Å². The van der Waals surface area contributed by atoms with Crippen molar-refractivity contribution in [2.45, 2.75) is 39.0 Å². The third-order valence-electron chi connectivity index (χ3n) is 3.63. The van der Waals surface area contributed by atoms with Crippen molar-refractivity contribution >= 4 is 0 Å². The number of ether oxygens (including phenoxy) is 1. The van der Waals surface area contributed by atoms with Gasteiger partial charge >= 0.3 is 0 Å². The van der Waals surface area contributed by atoms with Crippen LogP contribution in [-0.4, -0.2) is 13.2 Å². The first-order valence-corrected chi connectivity index (χ1v) is 6.01. The molecule has 1 aliphatic rings. The highest BCUT2D eigenvalue weighted by Gasteiger charge is 2.31. The molecule has 88 valence electrons. The normalized spacial score (nSPS) is 24.5. The summed E-state index contributed by atoms with van der Waals surface area (Å²) in [6.07, 6.45) is 2.20. The van der Waals surface area contributed by atoms with Crippen LogP contribution in [0.4, 0.5) is 0 Å². The SMILES string of the molecule is Cc1cc(C)c2c(c1)OCCCC2(C)CN. The predicted molar refractivity (Wildman–Crippen MR) is 67.1 cm³/mol. The first-order valence-electron chi connectivity index (χ1n) is 6.01. The van der Waals surface area contributed by atoms with Gasteiger partial charge in [0, 0.05) is 17.5 Å². The maximum absolute atomic E-state index is 5.97. The van der Waals surface area contributed by atoms with E-state index in [1.807, 2.05) is 0 Å². The van der Waals surface area contributed by atoms with E-state index >= 15 is 0 Å². The second kappa shape index (κ2) is 4.10. The number of aryl methyl sites for hydroxylation is 2. The van der Waals surface area contributed by atoms with Crippen LogP contribution in [0.3, 0.4) is 0 Å². The van der Waals surface area contributed by atoms with Gasteiger partial charge in [-0.3, -0.25) is 0 Å². The molecular weight excluding hydrogens is 198 g/mol. The lowest BCUT2D eigenvalue weighted by molar-refractivity contribution is 0.313. The molecule has 0 aliphatic carbocycles. The van der Waals surface area contributed by atoms with Gasteiger partial charge in [-0.05, 0) is 43.9 Å². The fraction of sp³-hybridized carbons (Fsp3) is 0.571. The lowest BCUT2D eigenvalue weighted by Crippen LogP contribution is -2.32. The molecule has 1 atom stereocenters. The first kappa shape index (κ1) is 11.5. The molecule has 2 heteroatoms. The minimum atomic E-state index is 0.0730. The van der Waals surface area contributed by atoms with Gasteiger partial charge in [0.05, 0.1) is 6.61 Å². The Kier molecular flexibility index (Phi) is 2.94. The summed E-state index contributed by atoms with van der Waals surface area (Å²) in [6, 6.07) is 4.36. The highest BCUT2D eigenvalue weighted by molar-refractivity contribution is 5.48. The number of hydrogen-bond acceptors (Lipinski definition) is 2. The maximum atomic E-state index is 5.97. The fourth-order valence-corrected chi connectivity index (χ4v) is 2.79. The van der Waals surface area contributed by atoms with Crippen molar-refractivity contribution in [3.8, 4) is 5.75 Å². The minimum Gasteiger partial charge on any atom is -0.493 e. The standard InChI is InChI=1S/C14H21NO/c1-10-7-11(2)13-12(8-10)16-6-4-5-14(13,3)9-15/h7-8H,4-6,9,15H2,1-3H3. The van der Waals surface area contributed by atoms with Gasteiger partial charge in [-0.1, -0.05) is 13.0 Å². The second-order valence-electron chi connectivity index (χ2n) is 5.17. The monoisotopic (exact) mass is 219 g/mol. The van der Waals surface area contributed by atoms with Crippen LogP contribution in [0.5, 0.6) is 5.75 Å². The van der Waals surface area contributed by atoms with Gasteiger partial charge in [0.25, 0.3) is 0 Å². The maximum Gasteiger partial charge on any atom is 0.123 e. The summed E-state index contributed by atoms with van der Waals surface area (Å²) in [5.41, 5.74) is 9.94. The van der Waals surface area contributed by atoms with Crippen LogP contribution in [-0.2, 0) is 5.41 Å². The van der Waals surface area contributed by atoms with Crippen molar-refractivity contribution in [1.29, 1.82) is 0 Å². The number of rotatable bonds is 1. The zero-order valence-corrected chi connectivity index (χ0v) is 10.5. The van der Waals surface area contributed by atoms with Gasteiger partial charge in [-0.25, -0.2) is 0 Å². The number of nitrogens with two attached hydrogens (primary N) is 1. The van der Waals surface area contributed by atoms with Crippen molar-refractivity contribution in [3.05, 3.63) is 28.8 Å². The molecule has 0 saturated heterocycles. The second-order valence-corrected chi connectivity index (χ2v) is 5.17. The Labute approximate surface area is 97.8 Å². The zero-order chi connectivity index (χ0) is 11.8. The molecular formula is C14H21NO. The molecule has 2 nitrogen and oxygen atoms in total. The third-order valence-corrected chi connectivity index (χ3v) is 3.63. The Morgan fingerprint density at radius 2 is 2.12 bits per heavy atom. The van der Waals surface area contributed by atoms with Gasteiger partial charge in [0.1, 0.15) is 5.75 Å². The van der Waals surface area contributed by atoms with Crippen molar-refractivity contribution in [2.24, 2.45) is 5.73 Å². The molecule has 2 N–H and O–H groups in total. The summed E-state index contributed by atoms with van der Waals surface area (Å²) >= 11 is 0. The van der Waals surface area contributed by atoms with Gasteiger partial charge in [-0.15, -0.1) is 0 Å². The van der Waals surface area contributed by atoms with Crippen LogP contribution in [0, 0.1) is 13.8 Å². The minimum absolute atomic E-state index is 0.0730. The first-order chi connectivity index (χ1) is 7.57. The molecule has 0 saturated carbocycles. The van der Waals surface area contributed by atoms with E-state index in [-0.39, 0.29) is 5.41 Å². The molecule has 1 aromatic rings. The number of benzene rings is 1. The summed E-state index contributed by atoms with van der Waals surface area (Å²) in [4.78, 5) is 0. The molecule has 0 aromatic heterocycles. The van der Waals surface area contributed by atoms with E-state index in [4.69, 9.17) is 10.5 Å². The molecule has 1 unspecified atom stereocenters. The van der Waals surface area contributed by atoms with E-state index in [0.717, 1.165) is 25.2 Å². The molecule has 2 rings (SSSR count). The van der Waals surface area contributed by atoms with E-state index in [0.29, 0.717) is 6.54 Å². The Morgan fingerprint density at radius 1 is 1.38 bits per heavy atom. The quantitative estimate of drug-likeness (QED) is 0.788. The Balaban J connectivity index is 2.61. The summed E-state index contributed by atoms with van der Waals surface area (Å²) in [7, 11) is 0. The molecule has 1 aliphatic heterocycles. The summed E-state index contributed by atoms with van der Waals surface area (Å²) in [5.74, 6) is 1.04. The largest absolute Gasteiger partial charge is 0.493 e. The molecule has 16 heavy (non-hydrogen) atoms. The molecule has 0 fully saturated rings. The number of hydrogen-bond donors (Lipinski definition) is 1. The summed E-state index contributed by atoms with van der Waals surface area (Å²) in [6.45, 7) is 8.03. The zero-order valence-electron chi connectivity index (χ0n) is 10.5. The smallest absolute Gasteiger partial charge is 0.123 e. The summed E-state index contributed by atoms with van der Waals surface area (Å²) < 4.78 is 5.85. The van der Waals surface area contributed by atoms with Gasteiger partial charge in [0.15, 0.2) is 0 Å². The van der Waals surface area contributed by atoms with E-state index in [2.05, 4.69) is 32.9 Å². The van der Waals surface area contributed by atoms with Crippen LogP contribution < -0.4 is 10.5 Å². The topological polar surface area (TPSA) is 35.2 Å². The summed E-state index contributed by atoms with van der Waals surface area (Å²) in [5, 5.41) is 0. The average Bonchev–Trinajstić information content (AvgIpc) is 2.38. The van der Waals surface area contributed by atoms with E-state index in [1.54, 1.807) is 0 Å². The Morgan fingerprint density at radius 3 is 2.81 bits per heavy atom. The van der Waals surface area contributed by atoms with Crippen molar-refractivity contribution in [3.63, 3.8) is 0 Å². The lowest BCUT2D eigenvalue weighted by Gasteiger charge is -2.29. The van der Waals surface area contributed by atoms with Crippen molar-refractivity contribution < 1.29 is 4.74 Å². The highest BCUT2D eigenvalue weighted by atomic mass is 16.5.